The van der Waals surface area contributed by atoms with Crippen molar-refractivity contribution in [1.29, 1.82) is 0 Å². The Labute approximate surface area is 86.3 Å². The Kier molecular flexibility index (Phi) is 3.14. The third-order valence-corrected chi connectivity index (χ3v) is 1.97. The molecule has 0 aliphatic carbocycles. The summed E-state index contributed by atoms with van der Waals surface area (Å²) in [7, 11) is 0. The van der Waals surface area contributed by atoms with E-state index in [2.05, 4.69) is 6.58 Å². The van der Waals surface area contributed by atoms with Crippen molar-refractivity contribution in [1.82, 2.24) is 0 Å². The number of carboxylic acids is 1. The van der Waals surface area contributed by atoms with Gasteiger partial charge < -0.3 is 10.2 Å². The fraction of sp³-hybridized carbons (Fsp3) is 0.100. The van der Waals surface area contributed by atoms with Crippen LogP contribution in [0.15, 0.2) is 24.8 Å². The zero-order valence-electron chi connectivity index (χ0n) is 7.33. The van der Waals surface area contributed by atoms with E-state index in [0.717, 1.165) is 0 Å². The van der Waals surface area contributed by atoms with Crippen LogP contribution in [0.1, 0.15) is 15.9 Å². The molecule has 0 fully saturated rings. The van der Waals surface area contributed by atoms with Gasteiger partial charge in [-0.25, -0.2) is 4.79 Å². The van der Waals surface area contributed by atoms with Crippen LogP contribution in [-0.2, 0) is 6.42 Å². The van der Waals surface area contributed by atoms with E-state index in [1.807, 2.05) is 0 Å². The molecular formula is C10H9ClO3. The highest BCUT2D eigenvalue weighted by molar-refractivity contribution is 6.31. The lowest BCUT2D eigenvalue weighted by Crippen LogP contribution is -1.99. The molecule has 1 aromatic carbocycles. The van der Waals surface area contributed by atoms with Crippen molar-refractivity contribution in [2.75, 3.05) is 0 Å². The fourth-order valence-corrected chi connectivity index (χ4v) is 1.37. The molecule has 0 aromatic heterocycles. The molecule has 0 saturated heterocycles. The van der Waals surface area contributed by atoms with Gasteiger partial charge in [-0.1, -0.05) is 17.7 Å². The highest BCUT2D eigenvalue weighted by Gasteiger charge is 2.13. The molecule has 3 nitrogen and oxygen atoms in total. The quantitative estimate of drug-likeness (QED) is 0.757. The Balaban J connectivity index is 3.31. The third-order valence-electron chi connectivity index (χ3n) is 1.75. The SMILES string of the molecule is C=CCc1cc(Cl)cc(C(=O)O)c1O. The van der Waals surface area contributed by atoms with Crippen molar-refractivity contribution in [3.8, 4) is 5.75 Å². The van der Waals surface area contributed by atoms with Gasteiger partial charge in [0.25, 0.3) is 0 Å². The largest absolute Gasteiger partial charge is 0.507 e. The Bertz CT molecular complexity index is 385. The fourth-order valence-electron chi connectivity index (χ4n) is 1.13. The summed E-state index contributed by atoms with van der Waals surface area (Å²) >= 11 is 5.69. The summed E-state index contributed by atoms with van der Waals surface area (Å²) in [6.45, 7) is 3.50. The van der Waals surface area contributed by atoms with Gasteiger partial charge in [-0.05, 0) is 24.1 Å². The highest BCUT2D eigenvalue weighted by Crippen LogP contribution is 2.27. The van der Waals surface area contributed by atoms with Gasteiger partial charge in [0, 0.05) is 5.02 Å². The van der Waals surface area contributed by atoms with Crippen LogP contribution >= 0.6 is 11.6 Å². The zero-order chi connectivity index (χ0) is 10.7. The first-order valence-electron chi connectivity index (χ1n) is 3.92. The summed E-state index contributed by atoms with van der Waals surface area (Å²) in [4.78, 5) is 10.7. The number of hydrogen-bond acceptors (Lipinski definition) is 2. The van der Waals surface area contributed by atoms with E-state index in [9.17, 15) is 9.90 Å². The second kappa shape index (κ2) is 4.15. The van der Waals surface area contributed by atoms with E-state index in [1.165, 1.54) is 12.1 Å². The number of phenols is 1. The van der Waals surface area contributed by atoms with E-state index in [-0.39, 0.29) is 16.3 Å². The molecule has 0 heterocycles. The molecule has 4 heteroatoms. The third kappa shape index (κ3) is 2.06. The summed E-state index contributed by atoms with van der Waals surface area (Å²) in [6.07, 6.45) is 1.95. The summed E-state index contributed by atoms with van der Waals surface area (Å²) in [5.74, 6) is -1.45. The van der Waals surface area contributed by atoms with E-state index in [1.54, 1.807) is 6.08 Å². The molecule has 0 radical (unpaired) electrons. The van der Waals surface area contributed by atoms with Crippen LogP contribution in [0.2, 0.25) is 5.02 Å². The molecule has 2 N–H and O–H groups in total. The molecule has 74 valence electrons. The minimum absolute atomic E-state index is 0.186. The van der Waals surface area contributed by atoms with Crippen LogP contribution in [0.4, 0.5) is 0 Å². The number of carbonyl (C=O) groups is 1. The first-order chi connectivity index (χ1) is 6.56. The van der Waals surface area contributed by atoms with Gasteiger partial charge in [-0.2, -0.15) is 0 Å². The van der Waals surface area contributed by atoms with E-state index >= 15 is 0 Å². The number of halogens is 1. The van der Waals surface area contributed by atoms with Crippen molar-refractivity contribution in [3.63, 3.8) is 0 Å². The lowest BCUT2D eigenvalue weighted by molar-refractivity contribution is 0.0693. The van der Waals surface area contributed by atoms with Gasteiger partial charge >= 0.3 is 5.97 Å². The Morgan fingerprint density at radius 3 is 2.71 bits per heavy atom. The molecule has 1 rings (SSSR count). The molecule has 0 aliphatic rings. The molecule has 14 heavy (non-hydrogen) atoms. The van der Waals surface area contributed by atoms with Crippen molar-refractivity contribution >= 4 is 17.6 Å². The van der Waals surface area contributed by atoms with Crippen LogP contribution in [0.25, 0.3) is 0 Å². The van der Waals surface area contributed by atoms with Crippen molar-refractivity contribution < 1.29 is 15.0 Å². The van der Waals surface area contributed by atoms with Crippen LogP contribution in [0.3, 0.4) is 0 Å². The lowest BCUT2D eigenvalue weighted by atomic mass is 10.1. The van der Waals surface area contributed by atoms with E-state index in [0.29, 0.717) is 12.0 Å². The average Bonchev–Trinajstić information content (AvgIpc) is 2.10. The van der Waals surface area contributed by atoms with Crippen molar-refractivity contribution in [3.05, 3.63) is 40.9 Å². The van der Waals surface area contributed by atoms with Crippen LogP contribution in [-0.4, -0.2) is 16.2 Å². The highest BCUT2D eigenvalue weighted by atomic mass is 35.5. The number of carboxylic acid groups (broad SMARTS) is 1. The molecule has 0 saturated carbocycles. The second-order valence-electron chi connectivity index (χ2n) is 2.76. The molecule has 0 amide bonds. The zero-order valence-corrected chi connectivity index (χ0v) is 8.08. The van der Waals surface area contributed by atoms with Gasteiger partial charge in [0.15, 0.2) is 0 Å². The van der Waals surface area contributed by atoms with Crippen molar-refractivity contribution in [2.24, 2.45) is 0 Å². The number of benzene rings is 1. The Morgan fingerprint density at radius 2 is 2.21 bits per heavy atom. The standard InChI is InChI=1S/C10H9ClO3/c1-2-3-6-4-7(11)5-8(9(6)12)10(13)14/h2,4-5,12H,1,3H2,(H,13,14). The van der Waals surface area contributed by atoms with Gasteiger partial charge in [0.05, 0.1) is 0 Å². The molecule has 0 aliphatic heterocycles. The van der Waals surface area contributed by atoms with Gasteiger partial charge in [-0.15, -0.1) is 6.58 Å². The molecule has 1 aromatic rings. The number of allylic oxidation sites excluding steroid dienone is 1. The number of aromatic hydroxyl groups is 1. The summed E-state index contributed by atoms with van der Waals surface area (Å²) in [5.41, 5.74) is 0.277. The monoisotopic (exact) mass is 212 g/mol. The minimum atomic E-state index is -1.20. The predicted molar refractivity (Wildman–Crippen MR) is 54.0 cm³/mol. The topological polar surface area (TPSA) is 57.5 Å². The Morgan fingerprint density at radius 1 is 1.57 bits per heavy atom. The van der Waals surface area contributed by atoms with E-state index in [4.69, 9.17) is 16.7 Å². The summed E-state index contributed by atoms with van der Waals surface area (Å²) in [6, 6.07) is 2.73. The van der Waals surface area contributed by atoms with Crippen LogP contribution in [0, 0.1) is 0 Å². The van der Waals surface area contributed by atoms with E-state index < -0.39 is 5.97 Å². The maximum absolute atomic E-state index is 10.7. The maximum Gasteiger partial charge on any atom is 0.339 e. The molecule has 0 spiro atoms. The number of aromatic carboxylic acids is 1. The molecule has 0 unspecified atom stereocenters. The molecule has 0 atom stereocenters. The second-order valence-corrected chi connectivity index (χ2v) is 3.20. The molecule has 0 bridgehead atoms. The van der Waals surface area contributed by atoms with Gasteiger partial charge in [0.1, 0.15) is 11.3 Å². The number of hydrogen-bond donors (Lipinski definition) is 2. The Hall–Kier alpha value is -1.48. The summed E-state index contributed by atoms with van der Waals surface area (Å²) in [5, 5.41) is 18.6. The summed E-state index contributed by atoms with van der Waals surface area (Å²) < 4.78 is 0. The first-order valence-corrected chi connectivity index (χ1v) is 4.29. The van der Waals surface area contributed by atoms with Crippen LogP contribution < -0.4 is 0 Å². The van der Waals surface area contributed by atoms with Gasteiger partial charge in [-0.3, -0.25) is 0 Å². The number of rotatable bonds is 3. The molecular weight excluding hydrogens is 204 g/mol. The first kappa shape index (κ1) is 10.6. The minimum Gasteiger partial charge on any atom is -0.507 e. The lowest BCUT2D eigenvalue weighted by Gasteiger charge is -2.05. The van der Waals surface area contributed by atoms with Crippen LogP contribution in [0.5, 0.6) is 5.75 Å². The average molecular weight is 213 g/mol. The van der Waals surface area contributed by atoms with Gasteiger partial charge in [0.2, 0.25) is 0 Å². The normalized spacial score (nSPS) is 9.79. The van der Waals surface area contributed by atoms with Crippen molar-refractivity contribution in [2.45, 2.75) is 6.42 Å². The smallest absolute Gasteiger partial charge is 0.339 e. The maximum atomic E-state index is 10.7. The predicted octanol–water partition coefficient (Wildman–Crippen LogP) is 2.47.